The predicted molar refractivity (Wildman–Crippen MR) is 80.3 cm³/mol. The summed E-state index contributed by atoms with van der Waals surface area (Å²) in [4.78, 5) is 1.17. The standard InChI is InChI=1S/C15H15ClFNS/c1-19-15-5-3-2-4-11(15)14(18)9-10-6-7-13(17)12(16)8-10/h2-8,14H,9,18H2,1H3. The van der Waals surface area contributed by atoms with Crippen LogP contribution < -0.4 is 5.73 Å². The highest BCUT2D eigenvalue weighted by Gasteiger charge is 2.12. The van der Waals surface area contributed by atoms with Crippen LogP contribution in [0, 0.1) is 5.82 Å². The zero-order valence-corrected chi connectivity index (χ0v) is 12.1. The van der Waals surface area contributed by atoms with Crippen molar-refractivity contribution in [1.82, 2.24) is 0 Å². The Labute approximate surface area is 122 Å². The van der Waals surface area contributed by atoms with E-state index in [1.165, 1.54) is 11.0 Å². The molecule has 0 amide bonds. The maximum Gasteiger partial charge on any atom is 0.141 e. The molecule has 0 saturated carbocycles. The third-order valence-corrected chi connectivity index (χ3v) is 4.08. The van der Waals surface area contributed by atoms with Crippen molar-refractivity contribution >= 4 is 23.4 Å². The number of hydrogen-bond donors (Lipinski definition) is 1. The van der Waals surface area contributed by atoms with E-state index in [9.17, 15) is 4.39 Å². The van der Waals surface area contributed by atoms with Crippen LogP contribution in [0.4, 0.5) is 4.39 Å². The van der Waals surface area contributed by atoms with Crippen LogP contribution in [0.3, 0.4) is 0 Å². The normalized spacial score (nSPS) is 12.4. The summed E-state index contributed by atoms with van der Waals surface area (Å²) >= 11 is 7.46. The first-order valence-corrected chi connectivity index (χ1v) is 7.54. The molecule has 100 valence electrons. The first-order valence-electron chi connectivity index (χ1n) is 5.94. The number of benzene rings is 2. The van der Waals surface area contributed by atoms with Crippen molar-refractivity contribution in [2.24, 2.45) is 5.73 Å². The summed E-state index contributed by atoms with van der Waals surface area (Å²) < 4.78 is 13.1. The molecule has 0 aliphatic heterocycles. The number of thioether (sulfide) groups is 1. The van der Waals surface area contributed by atoms with Gasteiger partial charge in [0, 0.05) is 10.9 Å². The second-order valence-corrected chi connectivity index (χ2v) is 5.56. The van der Waals surface area contributed by atoms with Gasteiger partial charge in [-0.2, -0.15) is 0 Å². The molecule has 2 aromatic rings. The minimum Gasteiger partial charge on any atom is -0.324 e. The minimum absolute atomic E-state index is 0.120. The van der Waals surface area contributed by atoms with Crippen LogP contribution in [0.2, 0.25) is 5.02 Å². The zero-order valence-electron chi connectivity index (χ0n) is 10.6. The summed E-state index contributed by atoms with van der Waals surface area (Å²) in [7, 11) is 0. The molecule has 0 spiro atoms. The van der Waals surface area contributed by atoms with Gasteiger partial charge >= 0.3 is 0 Å². The molecule has 2 N–H and O–H groups in total. The van der Waals surface area contributed by atoms with Crippen LogP contribution >= 0.6 is 23.4 Å². The number of rotatable bonds is 4. The lowest BCUT2D eigenvalue weighted by Crippen LogP contribution is -2.14. The Hall–Kier alpha value is -1.03. The Morgan fingerprint density at radius 2 is 2.00 bits per heavy atom. The maximum atomic E-state index is 13.1. The quantitative estimate of drug-likeness (QED) is 0.844. The second-order valence-electron chi connectivity index (χ2n) is 4.30. The Bertz CT molecular complexity index is 574. The first-order chi connectivity index (χ1) is 9.11. The van der Waals surface area contributed by atoms with Gasteiger partial charge in [0.15, 0.2) is 0 Å². The van der Waals surface area contributed by atoms with Crippen LogP contribution in [-0.4, -0.2) is 6.26 Å². The smallest absolute Gasteiger partial charge is 0.141 e. The van der Waals surface area contributed by atoms with Crippen LogP contribution in [0.25, 0.3) is 0 Å². The highest BCUT2D eigenvalue weighted by atomic mass is 35.5. The molecule has 4 heteroatoms. The second kappa shape index (κ2) is 6.42. The van der Waals surface area contributed by atoms with Crippen molar-refractivity contribution < 1.29 is 4.39 Å². The molecule has 0 aromatic heterocycles. The van der Waals surface area contributed by atoms with Gasteiger partial charge in [-0.1, -0.05) is 35.9 Å². The van der Waals surface area contributed by atoms with E-state index in [0.29, 0.717) is 6.42 Å². The fraction of sp³-hybridized carbons (Fsp3) is 0.200. The predicted octanol–water partition coefficient (Wildman–Crippen LogP) is 4.44. The highest BCUT2D eigenvalue weighted by molar-refractivity contribution is 7.98. The van der Waals surface area contributed by atoms with E-state index in [0.717, 1.165) is 11.1 Å². The molecular weight excluding hydrogens is 281 g/mol. The molecule has 0 saturated heterocycles. The molecule has 0 aliphatic carbocycles. The lowest BCUT2D eigenvalue weighted by molar-refractivity contribution is 0.626. The molecule has 1 unspecified atom stereocenters. The molecular formula is C15H15ClFNS. The average Bonchev–Trinajstić information content (AvgIpc) is 2.43. The Morgan fingerprint density at radius 3 is 2.68 bits per heavy atom. The van der Waals surface area contributed by atoms with Crippen LogP contribution in [0.15, 0.2) is 47.4 Å². The van der Waals surface area contributed by atoms with Gasteiger partial charge in [-0.15, -0.1) is 11.8 Å². The molecule has 1 atom stereocenters. The summed E-state index contributed by atoms with van der Waals surface area (Å²) in [5, 5.41) is 0.142. The van der Waals surface area contributed by atoms with Crippen molar-refractivity contribution in [1.29, 1.82) is 0 Å². The third-order valence-electron chi connectivity index (χ3n) is 2.98. The monoisotopic (exact) mass is 295 g/mol. The van der Waals surface area contributed by atoms with E-state index >= 15 is 0 Å². The number of hydrogen-bond acceptors (Lipinski definition) is 2. The van der Waals surface area contributed by atoms with E-state index in [-0.39, 0.29) is 11.1 Å². The molecule has 2 aromatic carbocycles. The zero-order chi connectivity index (χ0) is 13.8. The lowest BCUT2D eigenvalue weighted by Gasteiger charge is -2.15. The van der Waals surface area contributed by atoms with Crippen LogP contribution in [0.1, 0.15) is 17.2 Å². The van der Waals surface area contributed by atoms with Gasteiger partial charge in [0.2, 0.25) is 0 Å². The van der Waals surface area contributed by atoms with Crippen molar-refractivity contribution in [3.8, 4) is 0 Å². The summed E-state index contributed by atoms with van der Waals surface area (Å²) in [6.45, 7) is 0. The Kier molecular flexibility index (Phi) is 4.86. The van der Waals surface area contributed by atoms with Gasteiger partial charge in [0.1, 0.15) is 5.82 Å². The Morgan fingerprint density at radius 1 is 1.26 bits per heavy atom. The highest BCUT2D eigenvalue weighted by Crippen LogP contribution is 2.27. The van der Waals surface area contributed by atoms with Gasteiger partial charge in [0.05, 0.1) is 5.02 Å². The fourth-order valence-electron chi connectivity index (χ4n) is 2.00. The van der Waals surface area contributed by atoms with Crippen molar-refractivity contribution in [3.63, 3.8) is 0 Å². The molecule has 0 bridgehead atoms. The van der Waals surface area contributed by atoms with E-state index < -0.39 is 5.82 Å². The summed E-state index contributed by atoms with van der Waals surface area (Å²) in [6.07, 6.45) is 2.66. The van der Waals surface area contributed by atoms with Crippen molar-refractivity contribution in [3.05, 3.63) is 64.4 Å². The molecule has 0 heterocycles. The maximum absolute atomic E-state index is 13.1. The SMILES string of the molecule is CSc1ccccc1C(N)Cc1ccc(F)c(Cl)c1. The van der Waals surface area contributed by atoms with Crippen molar-refractivity contribution in [2.75, 3.05) is 6.26 Å². The first kappa shape index (κ1) is 14.4. The van der Waals surface area contributed by atoms with Crippen LogP contribution in [0.5, 0.6) is 0 Å². The van der Waals surface area contributed by atoms with E-state index in [1.807, 2.05) is 24.5 Å². The Balaban J connectivity index is 2.20. The average molecular weight is 296 g/mol. The number of halogens is 2. The van der Waals surface area contributed by atoms with E-state index in [2.05, 4.69) is 6.07 Å². The number of nitrogens with two attached hydrogens (primary N) is 1. The van der Waals surface area contributed by atoms with Gasteiger partial charge in [-0.05, 0) is 42.0 Å². The third kappa shape index (κ3) is 3.50. The van der Waals surface area contributed by atoms with Gasteiger partial charge in [-0.3, -0.25) is 0 Å². The minimum atomic E-state index is -0.400. The largest absolute Gasteiger partial charge is 0.324 e. The van der Waals surface area contributed by atoms with E-state index in [4.69, 9.17) is 17.3 Å². The topological polar surface area (TPSA) is 26.0 Å². The lowest BCUT2D eigenvalue weighted by atomic mass is 9.99. The van der Waals surface area contributed by atoms with Crippen molar-refractivity contribution in [2.45, 2.75) is 17.4 Å². The van der Waals surface area contributed by atoms with Crippen LogP contribution in [-0.2, 0) is 6.42 Å². The van der Waals surface area contributed by atoms with Gasteiger partial charge < -0.3 is 5.73 Å². The fourth-order valence-corrected chi connectivity index (χ4v) is 2.88. The van der Waals surface area contributed by atoms with E-state index in [1.54, 1.807) is 23.9 Å². The van der Waals surface area contributed by atoms with Gasteiger partial charge in [-0.25, -0.2) is 4.39 Å². The molecule has 0 radical (unpaired) electrons. The molecule has 19 heavy (non-hydrogen) atoms. The summed E-state index contributed by atoms with van der Waals surface area (Å²) in [5.74, 6) is -0.400. The summed E-state index contributed by atoms with van der Waals surface area (Å²) in [5.41, 5.74) is 8.29. The molecule has 2 rings (SSSR count). The molecule has 0 aliphatic rings. The van der Waals surface area contributed by atoms with Gasteiger partial charge in [0.25, 0.3) is 0 Å². The molecule has 0 fully saturated rings. The molecule has 1 nitrogen and oxygen atoms in total. The summed E-state index contributed by atoms with van der Waals surface area (Å²) in [6, 6.07) is 12.7.